The zero-order chi connectivity index (χ0) is 18.5. The van der Waals surface area contributed by atoms with Crippen LogP contribution in [0.25, 0.3) is 21.6 Å². The Morgan fingerprint density at radius 3 is 2.23 bits per heavy atom. The number of carbonyl (C=O) groups is 2. The maximum Gasteiger partial charge on any atom is 0.312 e. The summed E-state index contributed by atoms with van der Waals surface area (Å²) < 4.78 is 5.38. The first kappa shape index (κ1) is 17.5. The van der Waals surface area contributed by atoms with Gasteiger partial charge < -0.3 is 9.84 Å². The summed E-state index contributed by atoms with van der Waals surface area (Å²) in [4.78, 5) is 25.4. The molecular weight excluding hydrogens is 334 g/mol. The highest BCUT2D eigenvalue weighted by Gasteiger charge is 2.29. The number of nitrogens with zero attached hydrogens (tertiary/aromatic N) is 3. The van der Waals surface area contributed by atoms with Crippen LogP contribution in [0.2, 0.25) is 0 Å². The molecule has 0 aromatic heterocycles. The van der Waals surface area contributed by atoms with Crippen molar-refractivity contribution in [2.24, 2.45) is 5.11 Å². The second-order valence-electron chi connectivity index (χ2n) is 6.01. The molecule has 7 nitrogen and oxygen atoms in total. The van der Waals surface area contributed by atoms with Crippen LogP contribution in [0.4, 0.5) is 0 Å². The average Bonchev–Trinajstić information content (AvgIpc) is 2.97. The molecule has 26 heavy (non-hydrogen) atoms. The van der Waals surface area contributed by atoms with E-state index in [1.807, 2.05) is 48.5 Å². The molecular formula is C19H17N3O4. The first-order valence-corrected chi connectivity index (χ1v) is 8.22. The van der Waals surface area contributed by atoms with Gasteiger partial charge in [0.05, 0.1) is 0 Å². The summed E-state index contributed by atoms with van der Waals surface area (Å²) in [6.45, 7) is 0.187. The molecule has 0 unspecified atom stereocenters. The van der Waals surface area contributed by atoms with Crippen molar-refractivity contribution < 1.29 is 19.4 Å². The topological polar surface area (TPSA) is 112 Å². The van der Waals surface area contributed by atoms with E-state index < -0.39 is 18.0 Å². The number of hydrogen-bond acceptors (Lipinski definition) is 4. The van der Waals surface area contributed by atoms with Gasteiger partial charge in [-0.05, 0) is 34.2 Å². The quantitative estimate of drug-likeness (QED) is 0.353. The van der Waals surface area contributed by atoms with Crippen molar-refractivity contribution in [1.29, 1.82) is 0 Å². The van der Waals surface area contributed by atoms with Crippen molar-refractivity contribution in [3.05, 3.63) is 70.1 Å². The first-order valence-electron chi connectivity index (χ1n) is 8.22. The summed E-state index contributed by atoms with van der Waals surface area (Å²) in [6, 6.07) is 14.7. The molecule has 0 radical (unpaired) electrons. The third-order valence-electron chi connectivity index (χ3n) is 4.47. The van der Waals surface area contributed by atoms with Crippen LogP contribution in [0.1, 0.15) is 29.9 Å². The van der Waals surface area contributed by atoms with Gasteiger partial charge in [-0.15, -0.1) is 0 Å². The molecule has 0 saturated carbocycles. The number of esters is 1. The standard InChI is InChI=1S/C19H17N3O4/c20-22-21-17(19(24)25)9-10-18(23)26-11-16-14-7-3-1-5-12(14)13-6-2-4-8-15(13)16/h1-8,16-17H,9-11H2,(H,24,25)/t17-/m0/s1. The van der Waals surface area contributed by atoms with E-state index in [-0.39, 0.29) is 25.4 Å². The summed E-state index contributed by atoms with van der Waals surface area (Å²) >= 11 is 0. The largest absolute Gasteiger partial charge is 0.481 e. The van der Waals surface area contributed by atoms with Crippen molar-refractivity contribution in [2.45, 2.75) is 24.8 Å². The van der Waals surface area contributed by atoms with Crippen LogP contribution < -0.4 is 0 Å². The summed E-state index contributed by atoms with van der Waals surface area (Å²) in [5.74, 6) is -1.81. The fraction of sp³-hybridized carbons (Fsp3) is 0.263. The van der Waals surface area contributed by atoms with Crippen LogP contribution >= 0.6 is 0 Å². The van der Waals surface area contributed by atoms with Crippen molar-refractivity contribution in [2.75, 3.05) is 6.61 Å². The van der Waals surface area contributed by atoms with Gasteiger partial charge in [0.15, 0.2) is 0 Å². The number of fused-ring (bicyclic) bond motifs is 3. The Labute approximate surface area is 149 Å². The monoisotopic (exact) mass is 351 g/mol. The molecule has 0 saturated heterocycles. The highest BCUT2D eigenvalue weighted by Crippen LogP contribution is 2.44. The zero-order valence-electron chi connectivity index (χ0n) is 13.9. The van der Waals surface area contributed by atoms with Gasteiger partial charge in [0.1, 0.15) is 12.6 Å². The lowest BCUT2D eigenvalue weighted by atomic mass is 9.98. The van der Waals surface area contributed by atoms with Gasteiger partial charge in [-0.1, -0.05) is 53.6 Å². The number of hydrogen-bond donors (Lipinski definition) is 1. The van der Waals surface area contributed by atoms with Crippen LogP contribution in [0.3, 0.4) is 0 Å². The van der Waals surface area contributed by atoms with Crippen molar-refractivity contribution in [3.63, 3.8) is 0 Å². The molecule has 1 aliphatic rings. The number of ether oxygens (including phenoxy) is 1. The smallest absolute Gasteiger partial charge is 0.312 e. The lowest BCUT2D eigenvalue weighted by Crippen LogP contribution is -2.20. The van der Waals surface area contributed by atoms with Crippen LogP contribution in [-0.2, 0) is 14.3 Å². The van der Waals surface area contributed by atoms with Crippen molar-refractivity contribution in [1.82, 2.24) is 0 Å². The summed E-state index contributed by atoms with van der Waals surface area (Å²) in [5, 5.41) is 12.1. The second kappa shape index (κ2) is 7.72. The number of carboxylic acid groups (broad SMARTS) is 1. The number of benzene rings is 2. The zero-order valence-corrected chi connectivity index (χ0v) is 13.9. The second-order valence-corrected chi connectivity index (χ2v) is 6.01. The number of azide groups is 1. The Balaban J connectivity index is 1.65. The highest BCUT2D eigenvalue weighted by atomic mass is 16.5. The van der Waals surface area contributed by atoms with E-state index in [1.54, 1.807) is 0 Å². The van der Waals surface area contributed by atoms with Crippen LogP contribution in [0, 0.1) is 0 Å². The number of carboxylic acids is 1. The summed E-state index contributed by atoms with van der Waals surface area (Å²) in [5.41, 5.74) is 12.9. The first-order chi connectivity index (χ1) is 12.6. The van der Waals surface area contributed by atoms with Crippen LogP contribution in [0.15, 0.2) is 53.6 Å². The summed E-state index contributed by atoms with van der Waals surface area (Å²) in [6.07, 6.45) is -0.206. The SMILES string of the molecule is [N-]=[N+]=N[C@@H](CCC(=O)OCC1c2ccccc2-c2ccccc21)C(=O)O. The minimum absolute atomic E-state index is 0.0428. The molecule has 7 heteroatoms. The molecule has 0 bridgehead atoms. The van der Waals surface area contributed by atoms with Crippen molar-refractivity contribution in [3.8, 4) is 11.1 Å². The molecule has 1 atom stereocenters. The molecule has 1 aliphatic carbocycles. The molecule has 1 N–H and O–H groups in total. The third kappa shape index (κ3) is 3.53. The van der Waals surface area contributed by atoms with Gasteiger partial charge in [-0.3, -0.25) is 9.59 Å². The van der Waals surface area contributed by atoms with E-state index in [9.17, 15) is 9.59 Å². The van der Waals surface area contributed by atoms with E-state index in [0.29, 0.717) is 0 Å². The van der Waals surface area contributed by atoms with Crippen LogP contribution in [0.5, 0.6) is 0 Å². The Morgan fingerprint density at radius 2 is 1.69 bits per heavy atom. The average molecular weight is 351 g/mol. The van der Waals surface area contributed by atoms with Gasteiger partial charge in [0.25, 0.3) is 0 Å². The highest BCUT2D eigenvalue weighted by molar-refractivity contribution is 5.79. The van der Waals surface area contributed by atoms with Gasteiger partial charge >= 0.3 is 11.9 Å². The van der Waals surface area contributed by atoms with E-state index in [1.165, 1.54) is 0 Å². The van der Waals surface area contributed by atoms with E-state index in [0.717, 1.165) is 22.3 Å². The maximum atomic E-state index is 12.0. The molecule has 2 aromatic rings. The van der Waals surface area contributed by atoms with Gasteiger partial charge in [-0.2, -0.15) is 0 Å². The van der Waals surface area contributed by atoms with Crippen molar-refractivity contribution >= 4 is 11.9 Å². The maximum absolute atomic E-state index is 12.0. The lowest BCUT2D eigenvalue weighted by molar-refractivity contribution is -0.144. The molecule has 0 spiro atoms. The third-order valence-corrected chi connectivity index (χ3v) is 4.47. The molecule has 0 aliphatic heterocycles. The van der Waals surface area contributed by atoms with Gasteiger partial charge in [0, 0.05) is 17.3 Å². The van der Waals surface area contributed by atoms with E-state index in [4.69, 9.17) is 15.4 Å². The Hall–Kier alpha value is -3.31. The predicted molar refractivity (Wildman–Crippen MR) is 94.5 cm³/mol. The Bertz CT molecular complexity index is 842. The van der Waals surface area contributed by atoms with Gasteiger partial charge in [-0.25, -0.2) is 0 Å². The predicted octanol–water partition coefficient (Wildman–Crippen LogP) is 3.89. The molecule has 0 fully saturated rings. The number of rotatable bonds is 7. The number of carbonyl (C=O) groups excluding carboxylic acids is 1. The van der Waals surface area contributed by atoms with E-state index >= 15 is 0 Å². The molecule has 0 heterocycles. The number of aliphatic carboxylic acids is 1. The molecule has 132 valence electrons. The Kier molecular flexibility index (Phi) is 5.20. The minimum atomic E-state index is -1.26. The van der Waals surface area contributed by atoms with Crippen LogP contribution in [-0.4, -0.2) is 29.7 Å². The lowest BCUT2D eigenvalue weighted by Gasteiger charge is -2.14. The molecule has 3 rings (SSSR count). The summed E-state index contributed by atoms with van der Waals surface area (Å²) in [7, 11) is 0. The molecule has 0 amide bonds. The fourth-order valence-corrected chi connectivity index (χ4v) is 3.24. The molecule has 2 aromatic carbocycles. The van der Waals surface area contributed by atoms with Gasteiger partial charge in [0.2, 0.25) is 0 Å². The van der Waals surface area contributed by atoms with E-state index in [2.05, 4.69) is 10.0 Å². The fourth-order valence-electron chi connectivity index (χ4n) is 3.24. The normalized spacial score (nSPS) is 13.2. The Morgan fingerprint density at radius 1 is 1.12 bits per heavy atom. The minimum Gasteiger partial charge on any atom is -0.481 e.